The van der Waals surface area contributed by atoms with Crippen LogP contribution < -0.4 is 11.1 Å². The summed E-state index contributed by atoms with van der Waals surface area (Å²) in [6.45, 7) is -1.00. The van der Waals surface area contributed by atoms with Gasteiger partial charge in [-0.1, -0.05) is 0 Å². The average Bonchev–Trinajstić information content (AvgIpc) is 2.98. The molecule has 0 saturated carbocycles. The van der Waals surface area contributed by atoms with Gasteiger partial charge in [0.25, 0.3) is 11.8 Å². The van der Waals surface area contributed by atoms with Crippen LogP contribution in [0.4, 0.5) is 42.4 Å². The fourth-order valence-corrected chi connectivity index (χ4v) is 2.98. The molecule has 2 heterocycles. The van der Waals surface area contributed by atoms with Crippen molar-refractivity contribution in [1.29, 1.82) is 0 Å². The Morgan fingerprint density at radius 1 is 1.23 bits per heavy atom. The largest absolute Gasteiger partial charge is 0.419 e. The van der Waals surface area contributed by atoms with Crippen molar-refractivity contribution in [3.05, 3.63) is 47.3 Å². The van der Waals surface area contributed by atoms with Crippen LogP contribution in [0.2, 0.25) is 0 Å². The highest BCUT2D eigenvalue weighted by Crippen LogP contribution is 2.36. The van der Waals surface area contributed by atoms with Gasteiger partial charge in [-0.25, -0.2) is 27.5 Å². The van der Waals surface area contributed by atoms with E-state index in [1.54, 1.807) is 0 Å². The van der Waals surface area contributed by atoms with Gasteiger partial charge < -0.3 is 16.0 Å². The van der Waals surface area contributed by atoms with E-state index in [0.29, 0.717) is 18.5 Å². The van der Waals surface area contributed by atoms with E-state index in [0.717, 1.165) is 11.0 Å². The van der Waals surface area contributed by atoms with Crippen molar-refractivity contribution < 1.29 is 35.5 Å². The minimum absolute atomic E-state index is 0.356. The van der Waals surface area contributed by atoms with Gasteiger partial charge in [0, 0.05) is 31.9 Å². The molecule has 1 aromatic carbocycles. The van der Waals surface area contributed by atoms with Crippen molar-refractivity contribution in [1.82, 2.24) is 14.9 Å². The number of anilines is 2. The summed E-state index contributed by atoms with van der Waals surface area (Å²) in [4.78, 5) is 20.2. The molecule has 0 spiro atoms. The van der Waals surface area contributed by atoms with Gasteiger partial charge in [-0.05, 0) is 12.1 Å². The van der Waals surface area contributed by atoms with Crippen molar-refractivity contribution in [2.45, 2.75) is 24.6 Å². The molecule has 1 aliphatic rings. The maximum absolute atomic E-state index is 14.3. The van der Waals surface area contributed by atoms with Gasteiger partial charge in [0.2, 0.25) is 5.95 Å². The zero-order valence-corrected chi connectivity index (χ0v) is 15.0. The van der Waals surface area contributed by atoms with E-state index in [1.165, 1.54) is 0 Å². The monoisotopic (exact) mass is 437 g/mol. The Morgan fingerprint density at radius 3 is 2.47 bits per heavy atom. The molecule has 2 aromatic rings. The molecule has 162 valence electrons. The van der Waals surface area contributed by atoms with Crippen LogP contribution in [0.15, 0.2) is 24.5 Å². The molecular formula is C17H14F7N5O. The number of carbonyl (C=O) groups is 1. The highest BCUT2D eigenvalue weighted by Gasteiger charge is 2.51. The van der Waals surface area contributed by atoms with Crippen molar-refractivity contribution >= 4 is 17.5 Å². The third kappa shape index (κ3) is 4.09. The normalized spacial score (nSPS) is 18.5. The first-order chi connectivity index (χ1) is 13.9. The molecular weight excluding hydrogens is 423 g/mol. The lowest BCUT2D eigenvalue weighted by Crippen LogP contribution is -2.47. The number of nitrogen functional groups attached to an aromatic ring is 1. The maximum atomic E-state index is 14.3. The van der Waals surface area contributed by atoms with E-state index in [4.69, 9.17) is 5.73 Å². The summed E-state index contributed by atoms with van der Waals surface area (Å²) < 4.78 is 93.1. The number of hydrogen-bond acceptors (Lipinski definition) is 5. The molecule has 0 bridgehead atoms. The summed E-state index contributed by atoms with van der Waals surface area (Å²) in [5.41, 5.74) is 2.99. The van der Waals surface area contributed by atoms with Crippen molar-refractivity contribution in [3.8, 4) is 0 Å². The highest BCUT2D eigenvalue weighted by atomic mass is 19.4. The van der Waals surface area contributed by atoms with Gasteiger partial charge in [-0.3, -0.25) is 4.79 Å². The standard InChI is InChI=1S/C17H14F7N5O/c18-10-2-1-9(13(25)12(10)19)14(30)29-4-3-16(20,21)11(29)7-28-15-26-5-8(6-27-15)17(22,23)24/h1-2,5-6,11H,3-4,7,25H2,(H,26,27,28)/t11-/m1/s1. The first-order valence-corrected chi connectivity index (χ1v) is 8.47. The number of benzene rings is 1. The van der Waals surface area contributed by atoms with Gasteiger partial charge in [-0.2, -0.15) is 13.2 Å². The van der Waals surface area contributed by atoms with Gasteiger partial charge in [0.1, 0.15) is 6.04 Å². The second-order valence-electron chi connectivity index (χ2n) is 6.52. The average molecular weight is 437 g/mol. The van der Waals surface area contributed by atoms with E-state index in [2.05, 4.69) is 15.3 Å². The molecule has 1 atom stereocenters. The molecule has 6 nitrogen and oxygen atoms in total. The van der Waals surface area contributed by atoms with E-state index >= 15 is 0 Å². The summed E-state index contributed by atoms with van der Waals surface area (Å²) in [6.07, 6.45) is -4.41. The molecule has 0 radical (unpaired) electrons. The Labute approximate surface area is 164 Å². The van der Waals surface area contributed by atoms with Crippen LogP contribution in [-0.4, -0.2) is 45.8 Å². The minimum atomic E-state index is -4.66. The number of aromatic nitrogens is 2. The van der Waals surface area contributed by atoms with Gasteiger partial charge >= 0.3 is 6.18 Å². The lowest BCUT2D eigenvalue weighted by molar-refractivity contribution is -0.138. The third-order valence-electron chi connectivity index (χ3n) is 4.61. The van der Waals surface area contributed by atoms with Crippen molar-refractivity contribution in [3.63, 3.8) is 0 Å². The summed E-state index contributed by atoms with van der Waals surface area (Å²) in [7, 11) is 0. The lowest BCUT2D eigenvalue weighted by atomic mass is 10.1. The molecule has 1 fully saturated rings. The highest BCUT2D eigenvalue weighted by molar-refractivity contribution is 5.99. The second-order valence-corrected chi connectivity index (χ2v) is 6.52. The molecule has 1 amide bonds. The van der Waals surface area contributed by atoms with Crippen molar-refractivity contribution in [2.24, 2.45) is 0 Å². The van der Waals surface area contributed by atoms with Crippen LogP contribution in [0, 0.1) is 11.6 Å². The maximum Gasteiger partial charge on any atom is 0.419 e. The Bertz CT molecular complexity index is 949. The molecule has 3 rings (SSSR count). The molecule has 1 saturated heterocycles. The smallest absolute Gasteiger partial charge is 0.396 e. The number of carbonyl (C=O) groups excluding carboxylic acids is 1. The Kier molecular flexibility index (Phi) is 5.48. The van der Waals surface area contributed by atoms with Crippen LogP contribution in [0.5, 0.6) is 0 Å². The van der Waals surface area contributed by atoms with Crippen LogP contribution in [0.1, 0.15) is 22.3 Å². The molecule has 1 aliphatic heterocycles. The fourth-order valence-electron chi connectivity index (χ4n) is 2.98. The predicted octanol–water partition coefficient (Wildman–Crippen LogP) is 3.32. The minimum Gasteiger partial charge on any atom is -0.396 e. The zero-order valence-electron chi connectivity index (χ0n) is 15.0. The number of alkyl halides is 5. The van der Waals surface area contributed by atoms with Crippen LogP contribution >= 0.6 is 0 Å². The lowest BCUT2D eigenvalue weighted by Gasteiger charge is -2.28. The van der Waals surface area contributed by atoms with Crippen LogP contribution in [-0.2, 0) is 6.18 Å². The van der Waals surface area contributed by atoms with Crippen LogP contribution in [0.25, 0.3) is 0 Å². The van der Waals surface area contributed by atoms with E-state index in [1.807, 2.05) is 0 Å². The number of likely N-dealkylation sites (tertiary alicyclic amines) is 1. The number of halogens is 7. The molecule has 0 unspecified atom stereocenters. The number of nitrogens with one attached hydrogen (secondary N) is 1. The summed E-state index contributed by atoms with van der Waals surface area (Å²) in [5, 5.41) is 2.36. The number of amides is 1. The zero-order chi connectivity index (χ0) is 22.3. The number of nitrogens with zero attached hydrogens (tertiary/aromatic N) is 3. The van der Waals surface area contributed by atoms with Crippen molar-refractivity contribution in [2.75, 3.05) is 24.1 Å². The Balaban J connectivity index is 1.78. The second kappa shape index (κ2) is 7.61. The molecule has 0 aliphatic carbocycles. The molecule has 3 N–H and O–H groups in total. The van der Waals surface area contributed by atoms with Gasteiger partial charge in [0.05, 0.1) is 16.8 Å². The van der Waals surface area contributed by atoms with Gasteiger partial charge in [-0.15, -0.1) is 0 Å². The Morgan fingerprint density at radius 2 is 1.87 bits per heavy atom. The molecule has 13 heteroatoms. The quantitative estimate of drug-likeness (QED) is 0.567. The number of hydrogen-bond donors (Lipinski definition) is 2. The fraction of sp³-hybridized carbons (Fsp3) is 0.353. The number of rotatable bonds is 4. The van der Waals surface area contributed by atoms with E-state index in [9.17, 15) is 35.5 Å². The first-order valence-electron chi connectivity index (χ1n) is 8.47. The summed E-state index contributed by atoms with van der Waals surface area (Å²) >= 11 is 0. The topological polar surface area (TPSA) is 84.1 Å². The Hall–Kier alpha value is -3.12. The molecule has 30 heavy (non-hydrogen) atoms. The predicted molar refractivity (Wildman–Crippen MR) is 90.7 cm³/mol. The number of nitrogens with two attached hydrogens (primary N) is 1. The third-order valence-corrected chi connectivity index (χ3v) is 4.61. The molecule has 1 aromatic heterocycles. The summed E-state index contributed by atoms with van der Waals surface area (Å²) in [5.74, 6) is -7.52. The van der Waals surface area contributed by atoms with E-state index < -0.39 is 72.0 Å². The SMILES string of the molecule is Nc1c(C(=O)N2CCC(F)(F)[C@H]2CNc2ncc(C(F)(F)F)cn2)ccc(F)c1F. The van der Waals surface area contributed by atoms with E-state index in [-0.39, 0.29) is 5.95 Å². The van der Waals surface area contributed by atoms with Gasteiger partial charge in [0.15, 0.2) is 11.6 Å². The first kappa shape index (κ1) is 21.6. The van der Waals surface area contributed by atoms with Crippen LogP contribution in [0.3, 0.4) is 0 Å². The summed E-state index contributed by atoms with van der Waals surface area (Å²) in [6, 6.07) is -0.213.